The van der Waals surface area contributed by atoms with Crippen LogP contribution in [0.4, 0.5) is 5.82 Å². The molecule has 138 valence electrons. The summed E-state index contributed by atoms with van der Waals surface area (Å²) >= 11 is 0. The third-order valence-corrected chi connectivity index (χ3v) is 4.54. The zero-order valence-electron chi connectivity index (χ0n) is 14.2. The molecule has 0 bridgehead atoms. The number of aryl methyl sites for hydroxylation is 1. The number of imidazole rings is 1. The Kier molecular flexibility index (Phi) is 5.48. The lowest BCUT2D eigenvalue weighted by Gasteiger charge is -2.16. The molecule has 0 aromatic carbocycles. The van der Waals surface area contributed by atoms with Crippen LogP contribution in [0.5, 0.6) is 0 Å². The van der Waals surface area contributed by atoms with Crippen molar-refractivity contribution in [2.75, 3.05) is 12.3 Å². The Morgan fingerprint density at radius 1 is 1.20 bits per heavy atom. The molecule has 1 saturated heterocycles. The molecule has 0 unspecified atom stereocenters. The highest BCUT2D eigenvalue weighted by Gasteiger charge is 2.44. The Morgan fingerprint density at radius 3 is 2.68 bits per heavy atom. The van der Waals surface area contributed by atoms with E-state index in [0.717, 1.165) is 25.7 Å². The first-order valence-electron chi connectivity index (χ1n) is 8.68. The van der Waals surface area contributed by atoms with Crippen molar-refractivity contribution in [1.29, 1.82) is 0 Å². The summed E-state index contributed by atoms with van der Waals surface area (Å²) in [5, 5.41) is 29.4. The number of aliphatic hydroxyl groups is 3. The quantitative estimate of drug-likeness (QED) is 0.517. The minimum absolute atomic E-state index is 0.279. The van der Waals surface area contributed by atoms with Gasteiger partial charge in [-0.05, 0) is 6.42 Å². The van der Waals surface area contributed by atoms with E-state index >= 15 is 0 Å². The molecule has 0 saturated carbocycles. The topological polar surface area (TPSA) is 140 Å². The van der Waals surface area contributed by atoms with E-state index in [1.807, 2.05) is 0 Å². The van der Waals surface area contributed by atoms with Gasteiger partial charge >= 0.3 is 0 Å². The summed E-state index contributed by atoms with van der Waals surface area (Å²) in [5.74, 6) is 0.899. The van der Waals surface area contributed by atoms with E-state index in [1.165, 1.54) is 10.9 Å². The van der Waals surface area contributed by atoms with Crippen LogP contribution in [0.1, 0.15) is 44.7 Å². The molecule has 5 N–H and O–H groups in total. The number of nitrogen functional groups attached to an aromatic ring is 1. The number of rotatable bonds is 7. The third kappa shape index (κ3) is 3.45. The van der Waals surface area contributed by atoms with Gasteiger partial charge in [-0.25, -0.2) is 15.0 Å². The highest BCUT2D eigenvalue weighted by molar-refractivity contribution is 5.81. The van der Waals surface area contributed by atoms with Gasteiger partial charge in [-0.15, -0.1) is 0 Å². The van der Waals surface area contributed by atoms with Crippen molar-refractivity contribution in [1.82, 2.24) is 19.5 Å². The van der Waals surface area contributed by atoms with Crippen LogP contribution in [-0.4, -0.2) is 59.8 Å². The number of fused-ring (bicyclic) bond motifs is 1. The summed E-state index contributed by atoms with van der Waals surface area (Å²) < 4.78 is 7.09. The van der Waals surface area contributed by atoms with E-state index in [-0.39, 0.29) is 12.4 Å². The highest BCUT2D eigenvalue weighted by Crippen LogP contribution is 2.32. The number of aromatic nitrogens is 4. The molecule has 0 spiro atoms. The first-order valence-corrected chi connectivity index (χ1v) is 8.68. The van der Waals surface area contributed by atoms with E-state index in [2.05, 4.69) is 21.9 Å². The van der Waals surface area contributed by atoms with Gasteiger partial charge in [0.15, 0.2) is 17.7 Å². The molecule has 9 heteroatoms. The van der Waals surface area contributed by atoms with E-state index in [0.29, 0.717) is 23.4 Å². The average Bonchev–Trinajstić information content (AvgIpc) is 3.14. The second-order valence-corrected chi connectivity index (χ2v) is 6.39. The third-order valence-electron chi connectivity index (χ3n) is 4.54. The van der Waals surface area contributed by atoms with Crippen molar-refractivity contribution in [2.45, 2.75) is 63.6 Å². The zero-order chi connectivity index (χ0) is 18.0. The maximum Gasteiger partial charge on any atom is 0.167 e. The van der Waals surface area contributed by atoms with Crippen LogP contribution >= 0.6 is 0 Å². The zero-order valence-corrected chi connectivity index (χ0v) is 14.2. The van der Waals surface area contributed by atoms with Gasteiger partial charge in [-0.2, -0.15) is 0 Å². The van der Waals surface area contributed by atoms with Gasteiger partial charge in [0.2, 0.25) is 0 Å². The lowest BCUT2D eigenvalue weighted by molar-refractivity contribution is -0.0511. The molecular weight excluding hydrogens is 326 g/mol. The minimum atomic E-state index is -1.20. The molecule has 1 aliphatic heterocycles. The summed E-state index contributed by atoms with van der Waals surface area (Å²) in [6.07, 6.45) is 2.44. The molecule has 1 aliphatic rings. The number of hydrogen-bond acceptors (Lipinski definition) is 8. The first-order chi connectivity index (χ1) is 12.1. The Bertz CT molecular complexity index is 722. The fraction of sp³-hybridized carbons (Fsp3) is 0.688. The smallest absolute Gasteiger partial charge is 0.167 e. The van der Waals surface area contributed by atoms with E-state index < -0.39 is 24.5 Å². The fourth-order valence-electron chi connectivity index (χ4n) is 3.10. The van der Waals surface area contributed by atoms with Crippen LogP contribution in [0.15, 0.2) is 6.33 Å². The van der Waals surface area contributed by atoms with Crippen LogP contribution in [0.2, 0.25) is 0 Å². The Hall–Kier alpha value is -1.81. The van der Waals surface area contributed by atoms with Crippen LogP contribution < -0.4 is 5.73 Å². The SMILES string of the molecule is CCCCCCc1nc(N)c2ncn([C@@H]3O[C@H](CO)[C@@H](O)[C@H]3O)c2n1. The number of nitrogens with two attached hydrogens (primary N) is 1. The molecule has 2 aromatic heterocycles. The largest absolute Gasteiger partial charge is 0.394 e. The number of nitrogens with zero attached hydrogens (tertiary/aromatic N) is 4. The maximum atomic E-state index is 10.2. The summed E-state index contributed by atoms with van der Waals surface area (Å²) in [4.78, 5) is 13.0. The number of unbranched alkanes of at least 4 members (excludes halogenated alkanes) is 3. The van der Waals surface area contributed by atoms with Crippen molar-refractivity contribution in [3.05, 3.63) is 12.2 Å². The van der Waals surface area contributed by atoms with Crippen molar-refractivity contribution >= 4 is 17.0 Å². The summed E-state index contributed by atoms with van der Waals surface area (Å²) in [7, 11) is 0. The molecule has 1 fully saturated rings. The fourth-order valence-corrected chi connectivity index (χ4v) is 3.10. The van der Waals surface area contributed by atoms with Crippen LogP contribution in [0.3, 0.4) is 0 Å². The highest BCUT2D eigenvalue weighted by atomic mass is 16.6. The molecule has 9 nitrogen and oxygen atoms in total. The molecule has 0 amide bonds. The normalized spacial score (nSPS) is 26.6. The average molecular weight is 351 g/mol. The predicted octanol–water partition coefficient (Wildman–Crippen LogP) is 0.143. The standard InChI is InChI=1S/C16H25N5O4/c1-2-3-4-5-6-10-19-14(17)11-15(20-10)21(8-18-11)16-13(24)12(23)9(7-22)25-16/h8-9,12-13,16,22-24H,2-7H2,1H3,(H2,17,19,20)/t9-,12-,13-,16-/m1/s1. The monoisotopic (exact) mass is 351 g/mol. The van der Waals surface area contributed by atoms with Gasteiger partial charge < -0.3 is 25.8 Å². The van der Waals surface area contributed by atoms with E-state index in [1.54, 1.807) is 0 Å². The maximum absolute atomic E-state index is 10.2. The Labute approximate surface area is 145 Å². The lowest BCUT2D eigenvalue weighted by Crippen LogP contribution is -2.33. The number of hydrogen-bond donors (Lipinski definition) is 4. The van der Waals surface area contributed by atoms with Gasteiger partial charge in [-0.3, -0.25) is 4.57 Å². The van der Waals surface area contributed by atoms with E-state index in [9.17, 15) is 15.3 Å². The summed E-state index contributed by atoms with van der Waals surface area (Å²) in [5.41, 5.74) is 6.87. The predicted molar refractivity (Wildman–Crippen MR) is 90.6 cm³/mol. The van der Waals surface area contributed by atoms with E-state index in [4.69, 9.17) is 10.5 Å². The lowest BCUT2D eigenvalue weighted by atomic mass is 10.1. The Balaban J connectivity index is 1.88. The van der Waals surface area contributed by atoms with Crippen LogP contribution in [0.25, 0.3) is 11.2 Å². The van der Waals surface area contributed by atoms with Crippen molar-refractivity contribution in [3.8, 4) is 0 Å². The Morgan fingerprint density at radius 2 is 2.00 bits per heavy atom. The summed E-state index contributed by atoms with van der Waals surface area (Å²) in [6, 6.07) is 0. The first kappa shape index (κ1) is 18.0. The van der Waals surface area contributed by atoms with Gasteiger partial charge in [0, 0.05) is 6.42 Å². The molecule has 4 atom stereocenters. The molecule has 3 heterocycles. The molecule has 0 aliphatic carbocycles. The van der Waals surface area contributed by atoms with Crippen molar-refractivity contribution < 1.29 is 20.1 Å². The molecule has 0 radical (unpaired) electrons. The summed E-state index contributed by atoms with van der Waals surface area (Å²) in [6.45, 7) is 1.77. The van der Waals surface area contributed by atoms with Gasteiger partial charge in [0.1, 0.15) is 29.7 Å². The second kappa shape index (κ2) is 7.61. The van der Waals surface area contributed by atoms with Crippen molar-refractivity contribution in [2.24, 2.45) is 0 Å². The van der Waals surface area contributed by atoms with Crippen molar-refractivity contribution in [3.63, 3.8) is 0 Å². The second-order valence-electron chi connectivity index (χ2n) is 6.39. The molecular formula is C16H25N5O4. The van der Waals surface area contributed by atoms with Gasteiger partial charge in [0.25, 0.3) is 0 Å². The van der Waals surface area contributed by atoms with Crippen LogP contribution in [-0.2, 0) is 11.2 Å². The minimum Gasteiger partial charge on any atom is -0.394 e. The number of aliphatic hydroxyl groups excluding tert-OH is 3. The molecule has 2 aromatic rings. The molecule has 3 rings (SSSR count). The van der Waals surface area contributed by atoms with Crippen LogP contribution in [0, 0.1) is 0 Å². The van der Waals surface area contributed by atoms with Gasteiger partial charge in [0.05, 0.1) is 12.9 Å². The molecule has 25 heavy (non-hydrogen) atoms. The number of anilines is 1. The van der Waals surface area contributed by atoms with Gasteiger partial charge in [-0.1, -0.05) is 26.2 Å². The number of ether oxygens (including phenoxy) is 1.